The van der Waals surface area contributed by atoms with Gasteiger partial charge in [-0.15, -0.1) is 0 Å². The van der Waals surface area contributed by atoms with E-state index in [4.69, 9.17) is 11.0 Å². The van der Waals surface area contributed by atoms with Crippen LogP contribution in [0.1, 0.15) is 26.2 Å². The lowest BCUT2D eigenvalue weighted by atomic mass is 9.93. The molecule has 0 fully saturated rings. The molecule has 0 spiro atoms. The molecule has 0 aliphatic carbocycles. The van der Waals surface area contributed by atoms with Gasteiger partial charge in [0, 0.05) is 0 Å². The normalized spacial score (nSPS) is 15.3. The lowest BCUT2D eigenvalue weighted by molar-refractivity contribution is 0.0991. The van der Waals surface area contributed by atoms with Crippen LogP contribution in [0.4, 0.5) is 8.78 Å². The maximum atomic E-state index is 12.0. The molecular weight excluding hydrogens is 200 g/mol. The maximum Gasteiger partial charge on any atom is 0.251 e. The van der Waals surface area contributed by atoms with Gasteiger partial charge < -0.3 is 10.6 Å². The molecule has 0 saturated heterocycles. The maximum absolute atomic E-state index is 12.0. The van der Waals surface area contributed by atoms with E-state index in [0.717, 1.165) is 0 Å². The zero-order valence-electron chi connectivity index (χ0n) is 9.34. The highest BCUT2D eigenvalue weighted by molar-refractivity contribution is 5.03. The Morgan fingerprint density at radius 1 is 1.53 bits per heavy atom. The fraction of sp³-hybridized carbons (Fsp3) is 0.900. The van der Waals surface area contributed by atoms with Crippen LogP contribution >= 0.6 is 0 Å². The molecule has 88 valence electrons. The highest BCUT2D eigenvalue weighted by atomic mass is 19.3. The molecule has 1 unspecified atom stereocenters. The smallest absolute Gasteiger partial charge is 0.251 e. The van der Waals surface area contributed by atoms with Crippen LogP contribution < -0.4 is 5.73 Å². The molecule has 0 bridgehead atoms. The Bertz CT molecular complexity index is 215. The molecule has 2 N–H and O–H groups in total. The number of nitrogens with two attached hydrogens (primary N) is 1. The number of nitrogens with zero attached hydrogens (tertiary/aromatic N) is 2. The van der Waals surface area contributed by atoms with Crippen LogP contribution in [0.2, 0.25) is 0 Å². The summed E-state index contributed by atoms with van der Waals surface area (Å²) in [5, 5.41) is 8.79. The number of hydrogen-bond acceptors (Lipinski definition) is 3. The molecule has 0 heterocycles. The number of hydrogen-bond donors (Lipinski definition) is 1. The van der Waals surface area contributed by atoms with Crippen LogP contribution in [0.15, 0.2) is 0 Å². The molecule has 1 atom stereocenters. The lowest BCUT2D eigenvalue weighted by Gasteiger charge is -2.21. The van der Waals surface area contributed by atoms with E-state index in [1.807, 2.05) is 6.92 Å². The number of halogens is 2. The summed E-state index contributed by atoms with van der Waals surface area (Å²) in [5.74, 6) is 0. The Morgan fingerprint density at radius 2 is 2.13 bits per heavy atom. The largest absolute Gasteiger partial charge is 0.313 e. The van der Waals surface area contributed by atoms with Crippen molar-refractivity contribution < 1.29 is 8.78 Å². The first-order valence-electron chi connectivity index (χ1n) is 5.10. The minimum atomic E-state index is -2.31. The van der Waals surface area contributed by atoms with Crippen molar-refractivity contribution in [3.63, 3.8) is 0 Å². The van der Waals surface area contributed by atoms with Crippen molar-refractivity contribution in [3.8, 4) is 6.07 Å². The van der Waals surface area contributed by atoms with Gasteiger partial charge in [-0.05, 0) is 32.9 Å². The standard InChI is InChI=1S/C10H19F2N3/c1-3-10(14,8-13)5-4-6-15(2)7-9(11)12/h9H,3-7,14H2,1-2H3. The van der Waals surface area contributed by atoms with Crippen molar-refractivity contribution in [2.24, 2.45) is 5.73 Å². The monoisotopic (exact) mass is 219 g/mol. The Balaban J connectivity index is 3.74. The van der Waals surface area contributed by atoms with Crippen molar-refractivity contribution in [1.29, 1.82) is 5.26 Å². The molecule has 0 saturated carbocycles. The molecule has 0 aliphatic rings. The van der Waals surface area contributed by atoms with Gasteiger partial charge in [-0.25, -0.2) is 8.78 Å². The van der Waals surface area contributed by atoms with E-state index < -0.39 is 12.0 Å². The summed E-state index contributed by atoms with van der Waals surface area (Å²) in [4.78, 5) is 1.55. The zero-order valence-corrected chi connectivity index (χ0v) is 9.34. The van der Waals surface area contributed by atoms with Crippen LogP contribution in [-0.2, 0) is 0 Å². The predicted molar refractivity (Wildman–Crippen MR) is 55.6 cm³/mol. The minimum absolute atomic E-state index is 0.226. The topological polar surface area (TPSA) is 53.1 Å². The molecule has 15 heavy (non-hydrogen) atoms. The van der Waals surface area contributed by atoms with Crippen molar-refractivity contribution in [2.75, 3.05) is 20.1 Å². The van der Waals surface area contributed by atoms with E-state index in [1.54, 1.807) is 11.9 Å². The highest BCUT2D eigenvalue weighted by Crippen LogP contribution is 2.13. The summed E-state index contributed by atoms with van der Waals surface area (Å²) >= 11 is 0. The van der Waals surface area contributed by atoms with Gasteiger partial charge in [-0.3, -0.25) is 0 Å². The van der Waals surface area contributed by atoms with E-state index in [0.29, 0.717) is 25.8 Å². The summed E-state index contributed by atoms with van der Waals surface area (Å²) in [6.07, 6.45) is -0.503. The van der Waals surface area contributed by atoms with Crippen LogP contribution in [-0.4, -0.2) is 37.0 Å². The van der Waals surface area contributed by atoms with Gasteiger partial charge in [0.2, 0.25) is 0 Å². The highest BCUT2D eigenvalue weighted by Gasteiger charge is 2.21. The first-order chi connectivity index (χ1) is 6.93. The molecule has 3 nitrogen and oxygen atoms in total. The van der Waals surface area contributed by atoms with E-state index in [2.05, 4.69) is 6.07 Å². The van der Waals surface area contributed by atoms with E-state index in [-0.39, 0.29) is 6.54 Å². The van der Waals surface area contributed by atoms with Gasteiger partial charge in [0.25, 0.3) is 6.43 Å². The van der Waals surface area contributed by atoms with Gasteiger partial charge >= 0.3 is 0 Å². The Kier molecular flexibility index (Phi) is 6.37. The van der Waals surface area contributed by atoms with Gasteiger partial charge in [0.15, 0.2) is 0 Å². The molecule has 0 aliphatic heterocycles. The third-order valence-electron chi connectivity index (χ3n) is 2.47. The van der Waals surface area contributed by atoms with Gasteiger partial charge in [0.05, 0.1) is 12.6 Å². The summed E-state index contributed by atoms with van der Waals surface area (Å²) in [6, 6.07) is 2.05. The van der Waals surface area contributed by atoms with Crippen LogP contribution in [0, 0.1) is 11.3 Å². The van der Waals surface area contributed by atoms with E-state index >= 15 is 0 Å². The SMILES string of the molecule is CCC(N)(C#N)CCCN(C)CC(F)F. The first-order valence-corrected chi connectivity index (χ1v) is 5.10. The number of alkyl halides is 2. The quantitative estimate of drug-likeness (QED) is 0.707. The molecule has 0 radical (unpaired) electrons. The second kappa shape index (κ2) is 6.70. The average Bonchev–Trinajstić information content (AvgIpc) is 2.16. The third kappa shape index (κ3) is 6.37. The Hall–Kier alpha value is -0.730. The van der Waals surface area contributed by atoms with Crippen LogP contribution in [0.5, 0.6) is 0 Å². The summed E-state index contributed by atoms with van der Waals surface area (Å²) in [7, 11) is 1.64. The van der Waals surface area contributed by atoms with Crippen molar-refractivity contribution in [1.82, 2.24) is 4.90 Å². The molecule has 0 amide bonds. The molecule has 0 aromatic carbocycles. The van der Waals surface area contributed by atoms with Crippen LogP contribution in [0.25, 0.3) is 0 Å². The number of rotatable bonds is 7. The van der Waals surface area contributed by atoms with Crippen molar-refractivity contribution in [3.05, 3.63) is 0 Å². The lowest BCUT2D eigenvalue weighted by Crippen LogP contribution is -2.38. The van der Waals surface area contributed by atoms with Crippen molar-refractivity contribution >= 4 is 0 Å². The number of nitriles is 1. The minimum Gasteiger partial charge on any atom is -0.313 e. The van der Waals surface area contributed by atoms with E-state index in [1.165, 1.54) is 0 Å². The molecule has 5 heteroatoms. The summed E-state index contributed by atoms with van der Waals surface area (Å²) < 4.78 is 23.9. The fourth-order valence-corrected chi connectivity index (χ4v) is 1.30. The molecular formula is C10H19F2N3. The third-order valence-corrected chi connectivity index (χ3v) is 2.47. The summed E-state index contributed by atoms with van der Waals surface area (Å²) in [6.45, 7) is 2.17. The first kappa shape index (κ1) is 14.3. The van der Waals surface area contributed by atoms with Gasteiger partial charge in [-0.2, -0.15) is 5.26 Å². The average molecular weight is 219 g/mol. The van der Waals surface area contributed by atoms with Crippen LogP contribution in [0.3, 0.4) is 0 Å². The van der Waals surface area contributed by atoms with Gasteiger partial charge in [0.1, 0.15) is 5.54 Å². The molecule has 0 aromatic rings. The molecule has 0 rings (SSSR count). The summed E-state index contributed by atoms with van der Waals surface area (Å²) in [5.41, 5.74) is 4.96. The second-order valence-electron chi connectivity index (χ2n) is 3.88. The molecule has 0 aromatic heterocycles. The second-order valence-corrected chi connectivity index (χ2v) is 3.88. The predicted octanol–water partition coefficient (Wildman–Crippen LogP) is 1.59. The fourth-order valence-electron chi connectivity index (χ4n) is 1.30. The van der Waals surface area contributed by atoms with Gasteiger partial charge in [-0.1, -0.05) is 6.92 Å². The van der Waals surface area contributed by atoms with E-state index in [9.17, 15) is 8.78 Å². The Morgan fingerprint density at radius 3 is 2.53 bits per heavy atom. The zero-order chi connectivity index (χ0) is 11.9. The Labute approximate surface area is 89.8 Å². The van der Waals surface area contributed by atoms with Crippen molar-refractivity contribution in [2.45, 2.75) is 38.2 Å².